The highest BCUT2D eigenvalue weighted by Gasteiger charge is 2.27. The van der Waals surface area contributed by atoms with Gasteiger partial charge >= 0.3 is 5.69 Å². The number of hydrogen-bond acceptors (Lipinski definition) is 8. The van der Waals surface area contributed by atoms with E-state index in [0.29, 0.717) is 16.9 Å². The number of anilines is 1. The second-order valence-corrected chi connectivity index (χ2v) is 7.46. The van der Waals surface area contributed by atoms with Gasteiger partial charge in [0.2, 0.25) is 5.82 Å². The molecular weight excluding hydrogens is 378 g/mol. The largest absolute Gasteiger partial charge is 0.361 e. The van der Waals surface area contributed by atoms with Gasteiger partial charge in [-0.25, -0.2) is 4.98 Å². The maximum atomic E-state index is 11.2. The number of nitro groups is 1. The Morgan fingerprint density at radius 2 is 2.11 bits per heavy atom. The Bertz CT molecular complexity index is 1030. The maximum Gasteiger partial charge on any atom is 0.329 e. The molecular formula is C18H19N7O2S. The first-order valence-electron chi connectivity index (χ1n) is 9.01. The predicted molar refractivity (Wildman–Crippen MR) is 105 cm³/mol. The molecule has 144 valence electrons. The molecule has 1 fully saturated rings. The molecule has 1 N–H and O–H groups in total. The Balaban J connectivity index is 1.66. The SMILES string of the molecule is CCn1c(Sc2ncc([N+](=O)[O-])c(NC3CC3)n2)nnc1-c1ccccc1C. The molecule has 2 heterocycles. The Kier molecular flexibility index (Phi) is 4.95. The average molecular weight is 397 g/mol. The van der Waals surface area contributed by atoms with Gasteiger partial charge in [0.05, 0.1) is 4.92 Å². The second kappa shape index (κ2) is 7.55. The molecule has 0 amide bonds. The van der Waals surface area contributed by atoms with Crippen LogP contribution in [0.2, 0.25) is 0 Å². The van der Waals surface area contributed by atoms with Gasteiger partial charge in [0.1, 0.15) is 6.20 Å². The van der Waals surface area contributed by atoms with E-state index >= 15 is 0 Å². The zero-order valence-electron chi connectivity index (χ0n) is 15.5. The van der Waals surface area contributed by atoms with Crippen LogP contribution in [0.25, 0.3) is 11.4 Å². The van der Waals surface area contributed by atoms with Crippen molar-refractivity contribution >= 4 is 23.3 Å². The lowest BCUT2D eigenvalue weighted by Crippen LogP contribution is -2.08. The van der Waals surface area contributed by atoms with Crippen molar-refractivity contribution in [2.24, 2.45) is 0 Å². The molecule has 0 atom stereocenters. The summed E-state index contributed by atoms with van der Waals surface area (Å²) in [5.41, 5.74) is 2.02. The van der Waals surface area contributed by atoms with Crippen molar-refractivity contribution in [2.75, 3.05) is 5.32 Å². The third kappa shape index (κ3) is 3.68. The number of aromatic nitrogens is 5. The summed E-state index contributed by atoms with van der Waals surface area (Å²) in [7, 11) is 0. The van der Waals surface area contributed by atoms with Crippen LogP contribution in [-0.4, -0.2) is 35.7 Å². The van der Waals surface area contributed by atoms with Crippen LogP contribution in [0.4, 0.5) is 11.5 Å². The lowest BCUT2D eigenvalue weighted by Gasteiger charge is -2.09. The molecule has 0 saturated heterocycles. The molecule has 0 aliphatic heterocycles. The van der Waals surface area contributed by atoms with Crippen LogP contribution < -0.4 is 5.32 Å². The first-order chi connectivity index (χ1) is 13.6. The molecule has 0 radical (unpaired) electrons. The zero-order chi connectivity index (χ0) is 19.7. The monoisotopic (exact) mass is 397 g/mol. The molecule has 0 spiro atoms. The van der Waals surface area contributed by atoms with E-state index in [1.807, 2.05) is 42.7 Å². The molecule has 0 unspecified atom stereocenters. The number of benzene rings is 1. The molecule has 9 nitrogen and oxygen atoms in total. The van der Waals surface area contributed by atoms with Gasteiger partial charge in [-0.05, 0) is 44.0 Å². The van der Waals surface area contributed by atoms with Gasteiger partial charge in [-0.3, -0.25) is 10.1 Å². The zero-order valence-corrected chi connectivity index (χ0v) is 16.3. The molecule has 4 rings (SSSR count). The fraction of sp³-hybridized carbons (Fsp3) is 0.333. The molecule has 1 aromatic carbocycles. The van der Waals surface area contributed by atoms with E-state index in [-0.39, 0.29) is 17.5 Å². The molecule has 1 saturated carbocycles. The quantitative estimate of drug-likeness (QED) is 0.365. The summed E-state index contributed by atoms with van der Waals surface area (Å²) in [5, 5.41) is 24.0. The summed E-state index contributed by atoms with van der Waals surface area (Å²) in [6.45, 7) is 4.73. The van der Waals surface area contributed by atoms with Crippen LogP contribution in [-0.2, 0) is 6.54 Å². The van der Waals surface area contributed by atoms with Crippen molar-refractivity contribution in [3.63, 3.8) is 0 Å². The smallest absolute Gasteiger partial charge is 0.329 e. The van der Waals surface area contributed by atoms with E-state index in [1.165, 1.54) is 18.0 Å². The summed E-state index contributed by atoms with van der Waals surface area (Å²) in [4.78, 5) is 19.3. The van der Waals surface area contributed by atoms with Gasteiger partial charge in [-0.2, -0.15) is 4.98 Å². The fourth-order valence-electron chi connectivity index (χ4n) is 2.82. The van der Waals surface area contributed by atoms with E-state index in [2.05, 4.69) is 25.5 Å². The predicted octanol–water partition coefficient (Wildman–Crippen LogP) is 3.70. The van der Waals surface area contributed by atoms with Crippen molar-refractivity contribution in [3.05, 3.63) is 46.1 Å². The molecule has 10 heteroatoms. The van der Waals surface area contributed by atoms with Crippen molar-refractivity contribution in [1.82, 2.24) is 24.7 Å². The lowest BCUT2D eigenvalue weighted by atomic mass is 10.1. The lowest BCUT2D eigenvalue weighted by molar-refractivity contribution is -0.384. The number of hydrogen-bond donors (Lipinski definition) is 1. The fourth-order valence-corrected chi connectivity index (χ4v) is 3.64. The topological polar surface area (TPSA) is 112 Å². The van der Waals surface area contributed by atoms with Gasteiger partial charge in [0.25, 0.3) is 0 Å². The molecule has 0 bridgehead atoms. The van der Waals surface area contributed by atoms with Crippen LogP contribution >= 0.6 is 11.8 Å². The van der Waals surface area contributed by atoms with E-state index < -0.39 is 4.92 Å². The summed E-state index contributed by atoms with van der Waals surface area (Å²) < 4.78 is 1.99. The minimum atomic E-state index is -0.468. The number of nitrogens with one attached hydrogen (secondary N) is 1. The standard InChI is InChI=1S/C18H19N7O2S/c1-3-24-16(13-7-5-4-6-11(13)2)22-23-18(24)28-17-19-10-14(25(26)27)15(21-17)20-12-8-9-12/h4-7,10,12H,3,8-9H2,1-2H3,(H,19,20,21). The van der Waals surface area contributed by atoms with Crippen molar-refractivity contribution in [2.45, 2.75) is 49.6 Å². The maximum absolute atomic E-state index is 11.2. The first-order valence-corrected chi connectivity index (χ1v) is 9.83. The number of aryl methyl sites for hydroxylation is 1. The van der Waals surface area contributed by atoms with Gasteiger partial charge in [-0.1, -0.05) is 24.3 Å². The van der Waals surface area contributed by atoms with Crippen LogP contribution in [0.5, 0.6) is 0 Å². The van der Waals surface area contributed by atoms with Crippen LogP contribution in [0, 0.1) is 17.0 Å². The van der Waals surface area contributed by atoms with E-state index in [9.17, 15) is 10.1 Å². The third-order valence-electron chi connectivity index (χ3n) is 4.46. The minimum absolute atomic E-state index is 0.117. The van der Waals surface area contributed by atoms with Crippen molar-refractivity contribution in [1.29, 1.82) is 0 Å². The highest BCUT2D eigenvalue weighted by molar-refractivity contribution is 7.99. The van der Waals surface area contributed by atoms with E-state index in [4.69, 9.17) is 0 Å². The summed E-state index contributed by atoms with van der Waals surface area (Å²) >= 11 is 1.25. The Morgan fingerprint density at radius 1 is 1.32 bits per heavy atom. The summed E-state index contributed by atoms with van der Waals surface area (Å²) in [6.07, 6.45) is 3.23. The van der Waals surface area contributed by atoms with Crippen LogP contribution in [0.1, 0.15) is 25.3 Å². The summed E-state index contributed by atoms with van der Waals surface area (Å²) in [5.74, 6) is 1.04. The molecule has 1 aliphatic rings. The highest BCUT2D eigenvalue weighted by atomic mass is 32.2. The Labute approximate surface area is 165 Å². The first kappa shape index (κ1) is 18.4. The van der Waals surface area contributed by atoms with Gasteiger partial charge in [0.15, 0.2) is 16.1 Å². The average Bonchev–Trinajstić information content (AvgIpc) is 3.40. The van der Waals surface area contributed by atoms with Gasteiger partial charge < -0.3 is 9.88 Å². The van der Waals surface area contributed by atoms with E-state index in [1.54, 1.807) is 0 Å². The van der Waals surface area contributed by atoms with Gasteiger partial charge in [-0.15, -0.1) is 10.2 Å². The second-order valence-electron chi connectivity index (χ2n) is 6.53. The molecule has 3 aromatic rings. The molecule has 2 aromatic heterocycles. The van der Waals surface area contributed by atoms with Crippen molar-refractivity contribution in [3.8, 4) is 11.4 Å². The third-order valence-corrected chi connectivity index (χ3v) is 5.33. The normalized spacial score (nSPS) is 13.5. The van der Waals surface area contributed by atoms with E-state index in [0.717, 1.165) is 29.8 Å². The minimum Gasteiger partial charge on any atom is -0.361 e. The van der Waals surface area contributed by atoms with Crippen molar-refractivity contribution < 1.29 is 4.92 Å². The Morgan fingerprint density at radius 3 is 2.79 bits per heavy atom. The van der Waals surface area contributed by atoms with Gasteiger partial charge in [0, 0.05) is 18.2 Å². The van der Waals surface area contributed by atoms with Crippen LogP contribution in [0.3, 0.4) is 0 Å². The van der Waals surface area contributed by atoms with Crippen LogP contribution in [0.15, 0.2) is 40.8 Å². The Hall–Kier alpha value is -3.01. The molecule has 28 heavy (non-hydrogen) atoms. The summed E-state index contributed by atoms with van der Waals surface area (Å²) in [6, 6.07) is 8.25. The highest BCUT2D eigenvalue weighted by Crippen LogP contribution is 2.33. The molecule has 1 aliphatic carbocycles. The number of nitrogens with zero attached hydrogens (tertiary/aromatic N) is 6. The number of rotatable bonds is 7.